The van der Waals surface area contributed by atoms with Crippen molar-refractivity contribution in [1.82, 2.24) is 19.6 Å². The number of aryl methyl sites for hydroxylation is 1. The van der Waals surface area contributed by atoms with Gasteiger partial charge in [0.05, 0.1) is 28.9 Å². The van der Waals surface area contributed by atoms with Crippen molar-refractivity contribution in [1.29, 1.82) is 0 Å². The fourth-order valence-electron chi connectivity index (χ4n) is 2.87. The smallest absolute Gasteiger partial charge is 0.234 e. The molecule has 0 radical (unpaired) electrons. The van der Waals surface area contributed by atoms with Crippen molar-refractivity contribution in [3.8, 4) is 5.75 Å². The predicted octanol–water partition coefficient (Wildman–Crippen LogP) is 3.98. The monoisotopic (exact) mass is 413 g/mol. The largest absolute Gasteiger partial charge is 0.495 e. The summed E-state index contributed by atoms with van der Waals surface area (Å²) in [5.74, 6) is 1.33. The molecule has 1 amide bonds. The highest BCUT2D eigenvalue weighted by molar-refractivity contribution is 8.00. The van der Waals surface area contributed by atoms with Crippen molar-refractivity contribution in [2.75, 3.05) is 18.2 Å². The molecule has 4 aromatic rings. The normalized spacial score (nSPS) is 11.1. The molecule has 0 fully saturated rings. The van der Waals surface area contributed by atoms with E-state index in [-0.39, 0.29) is 11.7 Å². The highest BCUT2D eigenvalue weighted by Crippen LogP contribution is 2.28. The molecular weight excluding hydrogens is 398 g/mol. The summed E-state index contributed by atoms with van der Waals surface area (Å²) in [4.78, 5) is 17.0. The Balaban J connectivity index is 1.55. The fourth-order valence-corrected chi connectivity index (χ4v) is 3.89. The zero-order valence-corrected chi connectivity index (χ0v) is 16.7. The van der Waals surface area contributed by atoms with Crippen molar-refractivity contribution in [2.45, 2.75) is 11.9 Å². The average Bonchev–Trinajstić information content (AvgIpc) is 3.08. The van der Waals surface area contributed by atoms with E-state index in [0.717, 1.165) is 16.9 Å². The minimum atomic E-state index is -0.171. The molecule has 4 rings (SSSR count). The molecule has 2 aromatic carbocycles. The maximum Gasteiger partial charge on any atom is 0.234 e. The molecular formula is C19H16ClN5O2S. The maximum absolute atomic E-state index is 12.4. The number of carbonyl (C=O) groups excluding carboxylic acids is 1. The van der Waals surface area contributed by atoms with E-state index in [1.807, 2.05) is 35.6 Å². The van der Waals surface area contributed by atoms with Crippen LogP contribution in [0.25, 0.3) is 16.7 Å². The number of fused-ring (bicyclic) bond motifs is 3. The minimum absolute atomic E-state index is 0.171. The third kappa shape index (κ3) is 3.48. The number of amides is 1. The molecule has 0 aliphatic carbocycles. The van der Waals surface area contributed by atoms with Crippen LogP contribution in [0.1, 0.15) is 5.82 Å². The first-order valence-electron chi connectivity index (χ1n) is 8.43. The lowest BCUT2D eigenvalue weighted by atomic mass is 10.3. The van der Waals surface area contributed by atoms with E-state index in [0.29, 0.717) is 27.1 Å². The second-order valence-corrected chi connectivity index (χ2v) is 7.37. The van der Waals surface area contributed by atoms with Gasteiger partial charge in [0.15, 0.2) is 5.65 Å². The molecule has 0 saturated carbocycles. The number of anilines is 1. The molecule has 0 atom stereocenters. The van der Waals surface area contributed by atoms with Crippen LogP contribution in [-0.4, -0.2) is 38.4 Å². The summed E-state index contributed by atoms with van der Waals surface area (Å²) in [6.07, 6.45) is 0. The number of nitrogens with one attached hydrogen (secondary N) is 1. The Morgan fingerprint density at radius 2 is 2.07 bits per heavy atom. The standard InChI is InChI=1S/C19H16ClN5O2S/c1-11-23-24-18-19(22-14-5-3-4-6-15(14)25(11)18)28-10-17(26)21-12-7-8-16(27-2)13(20)9-12/h3-9H,10H2,1-2H3,(H,21,26). The maximum atomic E-state index is 12.4. The molecule has 9 heteroatoms. The Bertz CT molecular complexity index is 1190. The lowest BCUT2D eigenvalue weighted by molar-refractivity contribution is -0.113. The van der Waals surface area contributed by atoms with E-state index in [4.69, 9.17) is 16.3 Å². The molecule has 0 saturated heterocycles. The molecule has 1 N–H and O–H groups in total. The van der Waals surface area contributed by atoms with Crippen LogP contribution in [0.3, 0.4) is 0 Å². The van der Waals surface area contributed by atoms with Gasteiger partial charge in [-0.2, -0.15) is 0 Å². The zero-order chi connectivity index (χ0) is 19.7. The van der Waals surface area contributed by atoms with Gasteiger partial charge in [-0.3, -0.25) is 9.20 Å². The Morgan fingerprint density at radius 1 is 1.25 bits per heavy atom. The summed E-state index contributed by atoms with van der Waals surface area (Å²) in [6, 6.07) is 12.9. The van der Waals surface area contributed by atoms with Gasteiger partial charge in [-0.05, 0) is 37.3 Å². The number of aromatic nitrogens is 4. The van der Waals surface area contributed by atoms with Gasteiger partial charge >= 0.3 is 0 Å². The Hall–Kier alpha value is -2.84. The lowest BCUT2D eigenvalue weighted by Gasteiger charge is -2.09. The molecule has 0 aliphatic heterocycles. The van der Waals surface area contributed by atoms with E-state index < -0.39 is 0 Å². The van der Waals surface area contributed by atoms with E-state index in [2.05, 4.69) is 20.5 Å². The number of hydrogen-bond donors (Lipinski definition) is 1. The van der Waals surface area contributed by atoms with Gasteiger partial charge < -0.3 is 10.1 Å². The second-order valence-electron chi connectivity index (χ2n) is 6.00. The predicted molar refractivity (Wildman–Crippen MR) is 110 cm³/mol. The summed E-state index contributed by atoms with van der Waals surface area (Å²) in [5, 5.41) is 12.3. The van der Waals surface area contributed by atoms with Gasteiger partial charge in [0.25, 0.3) is 0 Å². The van der Waals surface area contributed by atoms with Crippen LogP contribution in [0.5, 0.6) is 5.75 Å². The highest BCUT2D eigenvalue weighted by atomic mass is 35.5. The average molecular weight is 414 g/mol. The van der Waals surface area contributed by atoms with Gasteiger partial charge in [-0.15, -0.1) is 10.2 Å². The first kappa shape index (κ1) is 18.5. The molecule has 28 heavy (non-hydrogen) atoms. The SMILES string of the molecule is COc1ccc(NC(=O)CSc2nc3ccccc3n3c(C)nnc23)cc1Cl. The zero-order valence-electron chi connectivity index (χ0n) is 15.1. The van der Waals surface area contributed by atoms with Crippen LogP contribution in [0, 0.1) is 6.92 Å². The number of halogens is 1. The molecule has 0 bridgehead atoms. The van der Waals surface area contributed by atoms with Crippen LogP contribution >= 0.6 is 23.4 Å². The van der Waals surface area contributed by atoms with Gasteiger partial charge in [0.2, 0.25) is 5.91 Å². The number of ether oxygens (including phenoxy) is 1. The van der Waals surface area contributed by atoms with Crippen LogP contribution in [-0.2, 0) is 4.79 Å². The Morgan fingerprint density at radius 3 is 2.86 bits per heavy atom. The Labute approximate surface area is 170 Å². The van der Waals surface area contributed by atoms with E-state index in [1.165, 1.54) is 11.8 Å². The van der Waals surface area contributed by atoms with Gasteiger partial charge in [-0.25, -0.2) is 4.98 Å². The van der Waals surface area contributed by atoms with Gasteiger partial charge in [-0.1, -0.05) is 35.5 Å². The van der Waals surface area contributed by atoms with Crippen molar-refractivity contribution >= 4 is 51.6 Å². The van der Waals surface area contributed by atoms with Crippen LogP contribution < -0.4 is 10.1 Å². The van der Waals surface area contributed by atoms with Crippen molar-refractivity contribution in [3.63, 3.8) is 0 Å². The molecule has 2 heterocycles. The fraction of sp³-hybridized carbons (Fsp3) is 0.158. The molecule has 2 aromatic heterocycles. The van der Waals surface area contributed by atoms with Crippen molar-refractivity contribution < 1.29 is 9.53 Å². The first-order valence-corrected chi connectivity index (χ1v) is 9.80. The van der Waals surface area contributed by atoms with Crippen molar-refractivity contribution in [3.05, 3.63) is 53.3 Å². The summed E-state index contributed by atoms with van der Waals surface area (Å²) >= 11 is 7.41. The minimum Gasteiger partial charge on any atom is -0.495 e. The summed E-state index contributed by atoms with van der Waals surface area (Å²) in [6.45, 7) is 1.89. The molecule has 142 valence electrons. The first-order chi connectivity index (χ1) is 13.6. The van der Waals surface area contributed by atoms with E-state index in [9.17, 15) is 4.79 Å². The number of rotatable bonds is 5. The summed E-state index contributed by atoms with van der Waals surface area (Å²) in [7, 11) is 1.54. The molecule has 0 unspecified atom stereocenters. The number of para-hydroxylation sites is 2. The van der Waals surface area contributed by atoms with Crippen LogP contribution in [0.2, 0.25) is 5.02 Å². The number of methoxy groups -OCH3 is 1. The quantitative estimate of drug-likeness (QED) is 0.498. The topological polar surface area (TPSA) is 81.4 Å². The Kier molecular flexibility index (Phi) is 5.06. The lowest BCUT2D eigenvalue weighted by Crippen LogP contribution is -2.14. The third-order valence-corrected chi connectivity index (χ3v) is 5.39. The molecule has 7 nitrogen and oxygen atoms in total. The van der Waals surface area contributed by atoms with Crippen LogP contribution in [0.15, 0.2) is 47.5 Å². The van der Waals surface area contributed by atoms with E-state index in [1.54, 1.807) is 25.3 Å². The summed E-state index contributed by atoms with van der Waals surface area (Å²) < 4.78 is 7.07. The number of nitrogens with zero attached hydrogens (tertiary/aromatic N) is 4. The third-order valence-electron chi connectivity index (χ3n) is 4.14. The highest BCUT2D eigenvalue weighted by Gasteiger charge is 2.15. The molecule has 0 spiro atoms. The number of carbonyl (C=O) groups is 1. The number of hydrogen-bond acceptors (Lipinski definition) is 6. The van der Waals surface area contributed by atoms with Gasteiger partial charge in [0.1, 0.15) is 16.6 Å². The van der Waals surface area contributed by atoms with Gasteiger partial charge in [0, 0.05) is 5.69 Å². The number of benzene rings is 2. The number of thioether (sulfide) groups is 1. The van der Waals surface area contributed by atoms with Crippen LogP contribution in [0.4, 0.5) is 5.69 Å². The van der Waals surface area contributed by atoms with Crippen molar-refractivity contribution in [2.24, 2.45) is 0 Å². The van der Waals surface area contributed by atoms with E-state index >= 15 is 0 Å². The second kappa shape index (κ2) is 7.65. The summed E-state index contributed by atoms with van der Waals surface area (Å²) in [5.41, 5.74) is 3.00. The molecule has 0 aliphatic rings.